The Balaban J connectivity index is 1.05. The van der Waals surface area contributed by atoms with Gasteiger partial charge in [-0.3, -0.25) is 14.8 Å². The molecule has 186 valence electrons. The number of imidazole rings is 1. The van der Waals surface area contributed by atoms with E-state index in [0.29, 0.717) is 32.3 Å². The second-order valence-electron chi connectivity index (χ2n) is 9.21. The number of pyridine rings is 3. The molecule has 6 rings (SSSR count). The van der Waals surface area contributed by atoms with Crippen LogP contribution in [-0.2, 0) is 13.1 Å². The summed E-state index contributed by atoms with van der Waals surface area (Å²) in [7, 11) is 0. The number of fused-ring (bicyclic) bond motifs is 2. The molecule has 4 aromatic heterocycles. The molecule has 4 aromatic rings. The Bertz CT molecular complexity index is 1390. The lowest BCUT2D eigenvalue weighted by Crippen LogP contribution is -2.43. The molecule has 0 bridgehead atoms. The van der Waals surface area contributed by atoms with Gasteiger partial charge in [-0.05, 0) is 38.1 Å². The van der Waals surface area contributed by atoms with Gasteiger partial charge in [0, 0.05) is 50.2 Å². The van der Waals surface area contributed by atoms with Crippen LogP contribution in [0.5, 0.6) is 11.5 Å². The predicted molar refractivity (Wildman–Crippen MR) is 135 cm³/mol. The first kappa shape index (κ1) is 22.7. The first-order chi connectivity index (χ1) is 17.7. The number of likely N-dealkylation sites (tertiary alicyclic amines) is 1. The number of rotatable bonds is 7. The van der Waals surface area contributed by atoms with Gasteiger partial charge in [0.1, 0.15) is 13.2 Å². The summed E-state index contributed by atoms with van der Waals surface area (Å²) < 4.78 is 14.9. The monoisotopic (exact) mass is 487 g/mol. The molecular weight excluding hydrogens is 458 g/mol. The van der Waals surface area contributed by atoms with Crippen molar-refractivity contribution in [1.29, 1.82) is 0 Å². The van der Waals surface area contributed by atoms with Crippen LogP contribution in [0.15, 0.2) is 60.2 Å². The summed E-state index contributed by atoms with van der Waals surface area (Å²) in [6.07, 6.45) is 11.0. The van der Waals surface area contributed by atoms with Crippen LogP contribution in [0.1, 0.15) is 18.5 Å². The highest BCUT2D eigenvalue weighted by Gasteiger charge is 2.20. The third-order valence-electron chi connectivity index (χ3n) is 6.91. The molecule has 0 atom stereocenters. The number of nitrogens with zero attached hydrogens (tertiary/aromatic N) is 6. The van der Waals surface area contributed by atoms with Gasteiger partial charge in [0.15, 0.2) is 11.5 Å². The minimum absolute atomic E-state index is 0.00411. The molecule has 1 fully saturated rings. The summed E-state index contributed by atoms with van der Waals surface area (Å²) in [5, 5.41) is 3.64. The molecule has 0 spiro atoms. The molecule has 0 saturated carbocycles. The molecular formula is C26H29N7O3. The van der Waals surface area contributed by atoms with Crippen LogP contribution < -0.4 is 20.3 Å². The van der Waals surface area contributed by atoms with E-state index in [9.17, 15) is 4.79 Å². The first-order valence-corrected chi connectivity index (χ1v) is 12.4. The molecule has 1 N–H and O–H groups in total. The van der Waals surface area contributed by atoms with E-state index in [2.05, 4.69) is 25.2 Å². The Morgan fingerprint density at radius 2 is 1.86 bits per heavy atom. The fourth-order valence-corrected chi connectivity index (χ4v) is 4.88. The van der Waals surface area contributed by atoms with Crippen LogP contribution >= 0.6 is 0 Å². The van der Waals surface area contributed by atoms with Gasteiger partial charge in [-0.2, -0.15) is 0 Å². The Morgan fingerprint density at radius 1 is 1.00 bits per heavy atom. The lowest BCUT2D eigenvalue weighted by atomic mass is 10.0. The van der Waals surface area contributed by atoms with Crippen LogP contribution in [0.4, 0.5) is 0 Å². The van der Waals surface area contributed by atoms with E-state index in [4.69, 9.17) is 9.47 Å². The van der Waals surface area contributed by atoms with Crippen molar-refractivity contribution in [2.24, 2.45) is 0 Å². The van der Waals surface area contributed by atoms with Gasteiger partial charge in [0.2, 0.25) is 0 Å². The SMILES string of the molecule is O=c1ccc2ncc(-n3ccnc3)cc2n1CCN1CCC(NCc2cc3c(cn2)OCCO3)CC1. The topological polar surface area (TPSA) is 99.3 Å². The van der Waals surface area contributed by atoms with Gasteiger partial charge in [-0.15, -0.1) is 0 Å². The summed E-state index contributed by atoms with van der Waals surface area (Å²) in [6.45, 7) is 5.29. The maximum absolute atomic E-state index is 12.7. The van der Waals surface area contributed by atoms with Crippen molar-refractivity contribution in [3.05, 3.63) is 71.4 Å². The number of hydrogen-bond donors (Lipinski definition) is 1. The molecule has 0 unspecified atom stereocenters. The molecule has 2 aliphatic rings. The minimum Gasteiger partial charge on any atom is -0.486 e. The fourth-order valence-electron chi connectivity index (χ4n) is 4.88. The lowest BCUT2D eigenvalue weighted by molar-refractivity contribution is 0.170. The van der Waals surface area contributed by atoms with Crippen molar-refractivity contribution in [3.8, 4) is 17.2 Å². The highest BCUT2D eigenvalue weighted by Crippen LogP contribution is 2.29. The van der Waals surface area contributed by atoms with Crippen molar-refractivity contribution < 1.29 is 9.47 Å². The number of aromatic nitrogens is 5. The Hall–Kier alpha value is -3.76. The highest BCUT2D eigenvalue weighted by molar-refractivity contribution is 5.76. The minimum atomic E-state index is -0.00411. The largest absolute Gasteiger partial charge is 0.486 e. The van der Waals surface area contributed by atoms with Crippen LogP contribution in [0.2, 0.25) is 0 Å². The number of nitrogens with one attached hydrogen (secondary N) is 1. The molecule has 6 heterocycles. The van der Waals surface area contributed by atoms with Crippen LogP contribution in [0.25, 0.3) is 16.7 Å². The first-order valence-electron chi connectivity index (χ1n) is 12.4. The molecule has 0 amide bonds. The fraction of sp³-hybridized carbons (Fsp3) is 0.385. The molecule has 10 heteroatoms. The van der Waals surface area contributed by atoms with Gasteiger partial charge >= 0.3 is 0 Å². The van der Waals surface area contributed by atoms with Crippen molar-refractivity contribution in [1.82, 2.24) is 34.3 Å². The van der Waals surface area contributed by atoms with Gasteiger partial charge < -0.3 is 28.8 Å². The summed E-state index contributed by atoms with van der Waals surface area (Å²) in [6, 6.07) is 7.81. The standard InChI is InChI=1S/C26H29N7O3/c34-26-2-1-22-23(14-21(16-30-22)32-8-5-27-18-32)33(26)10-9-31-6-3-19(4-7-31)28-15-20-13-24-25(17-29-20)36-12-11-35-24/h1-2,5,8,13-14,16-19,28H,3-4,6-7,9-12,15H2. The van der Waals surface area contributed by atoms with E-state index in [-0.39, 0.29) is 5.56 Å². The van der Waals surface area contributed by atoms with Gasteiger partial charge in [0.25, 0.3) is 5.56 Å². The van der Waals surface area contributed by atoms with Crippen molar-refractivity contribution in [2.75, 3.05) is 32.8 Å². The Kier molecular flexibility index (Phi) is 6.35. The summed E-state index contributed by atoms with van der Waals surface area (Å²) in [5.74, 6) is 1.50. The van der Waals surface area contributed by atoms with Gasteiger partial charge in [-0.25, -0.2) is 4.98 Å². The molecule has 0 aliphatic carbocycles. The van der Waals surface area contributed by atoms with Crippen molar-refractivity contribution in [2.45, 2.75) is 32.0 Å². The summed E-state index contributed by atoms with van der Waals surface area (Å²) in [4.78, 5) is 28.3. The third-order valence-corrected chi connectivity index (χ3v) is 6.91. The average Bonchev–Trinajstić information content (AvgIpc) is 3.47. The van der Waals surface area contributed by atoms with Crippen molar-refractivity contribution in [3.63, 3.8) is 0 Å². The maximum Gasteiger partial charge on any atom is 0.251 e. The Morgan fingerprint density at radius 3 is 2.69 bits per heavy atom. The smallest absolute Gasteiger partial charge is 0.251 e. The number of piperidine rings is 1. The zero-order valence-corrected chi connectivity index (χ0v) is 20.0. The molecule has 10 nitrogen and oxygen atoms in total. The van der Waals surface area contributed by atoms with E-state index in [1.807, 2.05) is 27.5 Å². The van der Waals surface area contributed by atoms with E-state index in [1.54, 1.807) is 37.1 Å². The molecule has 0 radical (unpaired) electrons. The normalized spacial score (nSPS) is 16.4. The number of ether oxygens (including phenoxy) is 2. The zero-order valence-electron chi connectivity index (χ0n) is 20.0. The third kappa shape index (κ3) is 4.82. The molecule has 2 aliphatic heterocycles. The van der Waals surface area contributed by atoms with Crippen LogP contribution in [-0.4, -0.2) is 67.9 Å². The van der Waals surface area contributed by atoms with Gasteiger partial charge in [-0.1, -0.05) is 0 Å². The van der Waals surface area contributed by atoms with Crippen LogP contribution in [0, 0.1) is 0 Å². The molecule has 1 saturated heterocycles. The quantitative estimate of drug-likeness (QED) is 0.423. The van der Waals surface area contributed by atoms with Crippen molar-refractivity contribution >= 4 is 11.0 Å². The predicted octanol–water partition coefficient (Wildman–Crippen LogP) is 2.00. The summed E-state index contributed by atoms with van der Waals surface area (Å²) in [5.41, 5.74) is 3.50. The molecule has 0 aromatic carbocycles. The zero-order chi connectivity index (χ0) is 24.3. The van der Waals surface area contributed by atoms with E-state index >= 15 is 0 Å². The number of hydrogen-bond acceptors (Lipinski definition) is 8. The van der Waals surface area contributed by atoms with E-state index in [0.717, 1.165) is 66.4 Å². The Labute approximate surface area is 208 Å². The maximum atomic E-state index is 12.7. The average molecular weight is 488 g/mol. The highest BCUT2D eigenvalue weighted by atomic mass is 16.6. The second-order valence-corrected chi connectivity index (χ2v) is 9.21. The van der Waals surface area contributed by atoms with E-state index < -0.39 is 0 Å². The van der Waals surface area contributed by atoms with E-state index in [1.165, 1.54) is 0 Å². The van der Waals surface area contributed by atoms with Crippen LogP contribution in [0.3, 0.4) is 0 Å². The summed E-state index contributed by atoms with van der Waals surface area (Å²) >= 11 is 0. The second kappa shape index (κ2) is 10.1. The lowest BCUT2D eigenvalue weighted by Gasteiger charge is -2.32. The van der Waals surface area contributed by atoms with Gasteiger partial charge in [0.05, 0.1) is 41.1 Å². The molecule has 36 heavy (non-hydrogen) atoms.